The van der Waals surface area contributed by atoms with Gasteiger partial charge in [-0.25, -0.2) is 0 Å². The molecule has 1 aliphatic rings. The van der Waals surface area contributed by atoms with Crippen molar-refractivity contribution in [1.29, 1.82) is 0 Å². The summed E-state index contributed by atoms with van der Waals surface area (Å²) in [5, 5.41) is 11.5. The van der Waals surface area contributed by atoms with E-state index in [4.69, 9.17) is 9.73 Å². The topological polar surface area (TPSA) is 66.7 Å². The Kier molecular flexibility index (Phi) is 10.1. The molecule has 0 amide bonds. The van der Waals surface area contributed by atoms with Crippen LogP contribution in [0.3, 0.4) is 0 Å². The van der Waals surface area contributed by atoms with Crippen LogP contribution in [0.15, 0.2) is 29.3 Å². The zero-order valence-corrected chi connectivity index (χ0v) is 22.6. The molecule has 1 saturated heterocycles. The first kappa shape index (κ1) is 26.3. The lowest BCUT2D eigenvalue weighted by Gasteiger charge is -2.20. The Bertz CT molecular complexity index is 897. The molecule has 1 aromatic heterocycles. The number of guanidine groups is 1. The third kappa shape index (κ3) is 6.76. The van der Waals surface area contributed by atoms with Gasteiger partial charge in [-0.1, -0.05) is 6.07 Å². The Morgan fingerprint density at radius 2 is 2.12 bits per heavy atom. The number of nitrogens with one attached hydrogen (secondary N) is 2. The number of ether oxygens (including phenoxy) is 1. The summed E-state index contributed by atoms with van der Waals surface area (Å²) in [7, 11) is 3.72. The fourth-order valence-corrected chi connectivity index (χ4v) is 4.27. The summed E-state index contributed by atoms with van der Waals surface area (Å²) in [5.41, 5.74) is 4.89. The van der Waals surface area contributed by atoms with Crippen LogP contribution < -0.4 is 20.3 Å². The van der Waals surface area contributed by atoms with Crippen molar-refractivity contribution in [2.45, 2.75) is 46.6 Å². The lowest BCUT2D eigenvalue weighted by Crippen LogP contribution is -2.43. The van der Waals surface area contributed by atoms with E-state index in [1.165, 1.54) is 16.9 Å². The number of hydrogen-bond acceptors (Lipinski definition) is 4. The van der Waals surface area contributed by atoms with Crippen molar-refractivity contribution in [1.82, 2.24) is 20.4 Å². The molecule has 8 heteroatoms. The van der Waals surface area contributed by atoms with Crippen molar-refractivity contribution >= 4 is 35.6 Å². The average Bonchev–Trinajstić information content (AvgIpc) is 3.32. The molecule has 2 atom stereocenters. The van der Waals surface area contributed by atoms with Crippen LogP contribution in [-0.2, 0) is 13.5 Å². The second-order valence-corrected chi connectivity index (χ2v) is 8.54. The Morgan fingerprint density at radius 1 is 1.34 bits per heavy atom. The minimum absolute atomic E-state index is 0. The van der Waals surface area contributed by atoms with Gasteiger partial charge in [-0.3, -0.25) is 9.67 Å². The zero-order chi connectivity index (χ0) is 22.4. The number of hydrogen-bond donors (Lipinski definition) is 2. The van der Waals surface area contributed by atoms with Gasteiger partial charge in [0.2, 0.25) is 0 Å². The predicted octanol–water partition coefficient (Wildman–Crippen LogP) is 3.68. The van der Waals surface area contributed by atoms with Gasteiger partial charge in [-0.05, 0) is 64.2 Å². The van der Waals surface area contributed by atoms with E-state index in [0.717, 1.165) is 56.4 Å². The van der Waals surface area contributed by atoms with Crippen molar-refractivity contribution in [2.75, 3.05) is 38.2 Å². The molecule has 3 rings (SSSR count). The summed E-state index contributed by atoms with van der Waals surface area (Å²) >= 11 is 0. The van der Waals surface area contributed by atoms with Gasteiger partial charge in [0.05, 0.1) is 12.8 Å². The SMILES string of the molecule is CCNC(=NCC1CCN(c2cccc(OC)c2)C1)NC(C)Cc1c(C)nn(C)c1C.I. The summed E-state index contributed by atoms with van der Waals surface area (Å²) in [5.74, 6) is 2.36. The molecule has 1 aromatic carbocycles. The summed E-state index contributed by atoms with van der Waals surface area (Å²) in [6.07, 6.45) is 2.09. The molecular formula is C24H39IN6O. The second-order valence-electron chi connectivity index (χ2n) is 8.54. The summed E-state index contributed by atoms with van der Waals surface area (Å²) in [6.45, 7) is 12.3. The van der Waals surface area contributed by atoms with Crippen LogP contribution in [0.2, 0.25) is 0 Å². The lowest BCUT2D eigenvalue weighted by molar-refractivity contribution is 0.415. The van der Waals surface area contributed by atoms with Gasteiger partial charge in [0.1, 0.15) is 5.75 Å². The fraction of sp³-hybridized carbons (Fsp3) is 0.583. The second kappa shape index (κ2) is 12.3. The molecule has 0 spiro atoms. The third-order valence-corrected chi connectivity index (χ3v) is 6.11. The molecule has 2 unspecified atom stereocenters. The minimum atomic E-state index is 0. The molecule has 1 fully saturated rings. The smallest absolute Gasteiger partial charge is 0.191 e. The number of nitrogens with zero attached hydrogens (tertiary/aromatic N) is 4. The van der Waals surface area contributed by atoms with E-state index in [1.54, 1.807) is 7.11 Å². The van der Waals surface area contributed by atoms with Gasteiger partial charge in [0.15, 0.2) is 5.96 Å². The summed E-state index contributed by atoms with van der Waals surface area (Å²) in [4.78, 5) is 7.34. The number of benzene rings is 1. The monoisotopic (exact) mass is 554 g/mol. The van der Waals surface area contributed by atoms with Crippen LogP contribution in [0.4, 0.5) is 5.69 Å². The third-order valence-electron chi connectivity index (χ3n) is 6.11. The van der Waals surface area contributed by atoms with E-state index in [2.05, 4.69) is 66.5 Å². The lowest BCUT2D eigenvalue weighted by atomic mass is 10.1. The first-order valence-corrected chi connectivity index (χ1v) is 11.3. The van der Waals surface area contributed by atoms with Crippen molar-refractivity contribution in [2.24, 2.45) is 18.0 Å². The van der Waals surface area contributed by atoms with E-state index in [-0.39, 0.29) is 30.0 Å². The number of aromatic nitrogens is 2. The Balaban J connectivity index is 0.00000363. The van der Waals surface area contributed by atoms with Crippen LogP contribution in [0, 0.1) is 19.8 Å². The Morgan fingerprint density at radius 3 is 2.78 bits per heavy atom. The molecule has 32 heavy (non-hydrogen) atoms. The summed E-state index contributed by atoms with van der Waals surface area (Å²) in [6, 6.07) is 8.59. The molecule has 178 valence electrons. The molecular weight excluding hydrogens is 515 g/mol. The Hall–Kier alpha value is -1.97. The van der Waals surface area contributed by atoms with E-state index < -0.39 is 0 Å². The van der Waals surface area contributed by atoms with Gasteiger partial charge >= 0.3 is 0 Å². The van der Waals surface area contributed by atoms with E-state index in [0.29, 0.717) is 5.92 Å². The highest BCUT2D eigenvalue weighted by molar-refractivity contribution is 14.0. The maximum absolute atomic E-state index is 5.37. The van der Waals surface area contributed by atoms with Gasteiger partial charge in [-0.2, -0.15) is 5.10 Å². The molecule has 0 aliphatic carbocycles. The van der Waals surface area contributed by atoms with Gasteiger partial charge in [0, 0.05) is 56.7 Å². The van der Waals surface area contributed by atoms with Crippen LogP contribution in [0.5, 0.6) is 5.75 Å². The predicted molar refractivity (Wildman–Crippen MR) is 144 cm³/mol. The van der Waals surface area contributed by atoms with Crippen molar-refractivity contribution in [3.8, 4) is 5.75 Å². The highest BCUT2D eigenvalue weighted by Crippen LogP contribution is 2.27. The molecule has 2 heterocycles. The zero-order valence-electron chi connectivity index (χ0n) is 20.3. The van der Waals surface area contributed by atoms with Crippen molar-refractivity contribution in [3.63, 3.8) is 0 Å². The first-order valence-electron chi connectivity index (χ1n) is 11.3. The van der Waals surface area contributed by atoms with Gasteiger partial charge in [-0.15, -0.1) is 24.0 Å². The molecule has 2 aromatic rings. The normalized spacial score (nSPS) is 17.1. The standard InChI is InChI=1S/C24H38N6O.HI/c1-7-25-24(27-17(2)13-23-18(3)28-29(5)19(23)4)26-15-20-11-12-30(16-20)21-9-8-10-22(14-21)31-6;/h8-10,14,17,20H,7,11-13,15-16H2,1-6H3,(H2,25,26,27);1H. The maximum Gasteiger partial charge on any atom is 0.191 e. The molecule has 0 bridgehead atoms. The number of halogens is 1. The van der Waals surface area contributed by atoms with Crippen LogP contribution >= 0.6 is 24.0 Å². The fourth-order valence-electron chi connectivity index (χ4n) is 4.27. The number of aryl methyl sites for hydroxylation is 2. The highest BCUT2D eigenvalue weighted by atomic mass is 127. The van der Waals surface area contributed by atoms with Crippen LogP contribution in [0.1, 0.15) is 37.2 Å². The number of rotatable bonds is 8. The van der Waals surface area contributed by atoms with Crippen molar-refractivity contribution < 1.29 is 4.74 Å². The average molecular weight is 555 g/mol. The van der Waals surface area contributed by atoms with Crippen molar-refractivity contribution in [3.05, 3.63) is 41.2 Å². The van der Waals surface area contributed by atoms with E-state index >= 15 is 0 Å². The summed E-state index contributed by atoms with van der Waals surface area (Å²) < 4.78 is 7.34. The van der Waals surface area contributed by atoms with Gasteiger partial charge in [0.25, 0.3) is 0 Å². The quantitative estimate of drug-likeness (QED) is 0.296. The largest absolute Gasteiger partial charge is 0.497 e. The Labute approximate surface area is 210 Å². The molecule has 7 nitrogen and oxygen atoms in total. The molecule has 0 saturated carbocycles. The molecule has 2 N–H and O–H groups in total. The van der Waals surface area contributed by atoms with Gasteiger partial charge < -0.3 is 20.3 Å². The minimum Gasteiger partial charge on any atom is -0.497 e. The van der Waals surface area contributed by atoms with E-state index in [1.807, 2.05) is 17.8 Å². The van der Waals surface area contributed by atoms with Crippen LogP contribution in [0.25, 0.3) is 0 Å². The number of methoxy groups -OCH3 is 1. The number of aliphatic imine (C=N–C) groups is 1. The van der Waals surface area contributed by atoms with E-state index in [9.17, 15) is 0 Å². The molecule has 1 aliphatic heterocycles. The molecule has 0 radical (unpaired) electrons. The van der Waals surface area contributed by atoms with Crippen LogP contribution in [-0.4, -0.2) is 55.1 Å². The first-order chi connectivity index (χ1) is 14.9. The number of anilines is 1. The highest BCUT2D eigenvalue weighted by Gasteiger charge is 2.23. The maximum atomic E-state index is 5.37.